The highest BCUT2D eigenvalue weighted by molar-refractivity contribution is 14.1. The first-order chi connectivity index (χ1) is 15.0. The predicted octanol–water partition coefficient (Wildman–Crippen LogP) is 5.51. The maximum absolute atomic E-state index is 10.8. The zero-order valence-corrected chi connectivity index (χ0v) is 22.2. The second kappa shape index (κ2) is 10.0. The third-order valence-electron chi connectivity index (χ3n) is 6.42. The Hall–Kier alpha value is -1.75. The number of likely N-dealkylation sites (tertiary alicyclic amines) is 1. The van der Waals surface area contributed by atoms with Crippen LogP contribution in [0.2, 0.25) is 0 Å². The van der Waals surface area contributed by atoms with Crippen LogP contribution in [0.15, 0.2) is 42.5 Å². The van der Waals surface area contributed by atoms with Gasteiger partial charge in [-0.3, -0.25) is 4.90 Å². The molecule has 0 spiro atoms. The van der Waals surface area contributed by atoms with Gasteiger partial charge in [-0.2, -0.15) is 0 Å². The van der Waals surface area contributed by atoms with Crippen molar-refractivity contribution in [2.75, 3.05) is 20.7 Å². The second-order valence-corrected chi connectivity index (χ2v) is 11.3. The molecule has 172 valence electrons. The number of benzene rings is 2. The van der Waals surface area contributed by atoms with E-state index < -0.39 is 0 Å². The molecule has 0 radical (unpaired) electrons. The standard InChI is InChI=1S/C27H35IN2O2/c1-26(2)17-22(29(5)6)18-27(3,4)30(26)19-21-15-20(16-24(28)25(21)31)11-10-14-32-23-12-8-7-9-13-23/h7-9,12-13,15-16,22,31H,14,17-19H2,1-6H3. The van der Waals surface area contributed by atoms with Gasteiger partial charge in [0.2, 0.25) is 0 Å². The van der Waals surface area contributed by atoms with E-state index in [-0.39, 0.29) is 11.1 Å². The molecule has 0 aromatic heterocycles. The van der Waals surface area contributed by atoms with Gasteiger partial charge in [0.15, 0.2) is 0 Å². The van der Waals surface area contributed by atoms with E-state index in [1.807, 2.05) is 42.5 Å². The lowest BCUT2D eigenvalue weighted by atomic mass is 9.76. The normalized spacial score (nSPS) is 18.2. The molecule has 0 bridgehead atoms. The van der Waals surface area contributed by atoms with Crippen LogP contribution in [-0.2, 0) is 6.54 Å². The number of nitrogens with zero attached hydrogens (tertiary/aromatic N) is 2. The summed E-state index contributed by atoms with van der Waals surface area (Å²) in [5, 5.41) is 10.8. The van der Waals surface area contributed by atoms with Crippen LogP contribution in [-0.4, -0.2) is 52.7 Å². The Balaban J connectivity index is 1.79. The summed E-state index contributed by atoms with van der Waals surface area (Å²) in [6.07, 6.45) is 2.19. The summed E-state index contributed by atoms with van der Waals surface area (Å²) in [6, 6.07) is 14.2. The summed E-state index contributed by atoms with van der Waals surface area (Å²) in [5.74, 6) is 7.48. The minimum Gasteiger partial charge on any atom is -0.507 e. The van der Waals surface area contributed by atoms with Crippen molar-refractivity contribution >= 4 is 22.6 Å². The van der Waals surface area contributed by atoms with E-state index in [1.54, 1.807) is 0 Å². The van der Waals surface area contributed by atoms with Crippen molar-refractivity contribution in [3.8, 4) is 23.3 Å². The number of hydrogen-bond donors (Lipinski definition) is 1. The zero-order valence-electron chi connectivity index (χ0n) is 20.1. The smallest absolute Gasteiger partial charge is 0.149 e. The SMILES string of the molecule is CN(C)C1CC(C)(C)N(Cc2cc(C#CCOc3ccccc3)cc(I)c2O)C(C)(C)C1. The molecule has 32 heavy (non-hydrogen) atoms. The van der Waals surface area contributed by atoms with Crippen molar-refractivity contribution in [2.24, 2.45) is 0 Å². The topological polar surface area (TPSA) is 35.9 Å². The first-order valence-corrected chi connectivity index (χ1v) is 12.2. The quantitative estimate of drug-likeness (QED) is 0.397. The van der Waals surface area contributed by atoms with Crippen molar-refractivity contribution in [3.63, 3.8) is 0 Å². The van der Waals surface area contributed by atoms with Crippen LogP contribution in [0.1, 0.15) is 51.7 Å². The first kappa shape index (κ1) is 24.9. The molecule has 2 aromatic carbocycles. The predicted molar refractivity (Wildman–Crippen MR) is 140 cm³/mol. The van der Waals surface area contributed by atoms with Gasteiger partial charge in [-0.05, 0) is 101 Å². The number of ether oxygens (including phenoxy) is 1. The van der Waals surface area contributed by atoms with E-state index >= 15 is 0 Å². The maximum atomic E-state index is 10.8. The van der Waals surface area contributed by atoms with Crippen LogP contribution in [0.5, 0.6) is 11.5 Å². The van der Waals surface area contributed by atoms with Crippen LogP contribution < -0.4 is 4.74 Å². The number of piperidine rings is 1. The first-order valence-electron chi connectivity index (χ1n) is 11.1. The number of phenols is 1. The van der Waals surface area contributed by atoms with Crippen LogP contribution in [0, 0.1) is 15.4 Å². The second-order valence-electron chi connectivity index (χ2n) is 10.1. The largest absolute Gasteiger partial charge is 0.507 e. The van der Waals surface area contributed by atoms with Crippen molar-refractivity contribution in [2.45, 2.75) is 64.2 Å². The van der Waals surface area contributed by atoms with Crippen molar-refractivity contribution < 1.29 is 9.84 Å². The van der Waals surface area contributed by atoms with E-state index in [0.717, 1.165) is 33.3 Å². The van der Waals surface area contributed by atoms with E-state index in [0.29, 0.717) is 24.9 Å². The van der Waals surface area contributed by atoms with E-state index in [2.05, 4.69) is 86.0 Å². The molecule has 1 aliphatic rings. The van der Waals surface area contributed by atoms with Gasteiger partial charge in [0.1, 0.15) is 18.1 Å². The summed E-state index contributed by atoms with van der Waals surface area (Å²) in [4.78, 5) is 4.88. The third kappa shape index (κ3) is 5.98. The van der Waals surface area contributed by atoms with Gasteiger partial charge in [0, 0.05) is 34.8 Å². The molecule has 5 heteroatoms. The van der Waals surface area contributed by atoms with Gasteiger partial charge < -0.3 is 14.7 Å². The van der Waals surface area contributed by atoms with Gasteiger partial charge in [0.05, 0.1) is 3.57 Å². The van der Waals surface area contributed by atoms with Gasteiger partial charge >= 0.3 is 0 Å². The minimum absolute atomic E-state index is 0.0137. The fourth-order valence-corrected chi connectivity index (χ4v) is 5.53. The Morgan fingerprint density at radius 3 is 2.31 bits per heavy atom. The summed E-state index contributed by atoms with van der Waals surface area (Å²) in [7, 11) is 4.34. The molecule has 3 rings (SSSR count). The minimum atomic E-state index is 0.0137. The highest BCUT2D eigenvalue weighted by atomic mass is 127. The van der Waals surface area contributed by atoms with Crippen LogP contribution in [0.4, 0.5) is 0 Å². The van der Waals surface area contributed by atoms with Crippen molar-refractivity contribution in [1.29, 1.82) is 0 Å². The molecular formula is C27H35IN2O2. The lowest BCUT2D eigenvalue weighted by molar-refractivity contribution is -0.0643. The molecule has 0 aliphatic carbocycles. The fourth-order valence-electron chi connectivity index (χ4n) is 4.85. The average Bonchev–Trinajstić information content (AvgIpc) is 2.71. The number of halogens is 1. The van der Waals surface area contributed by atoms with Gasteiger partial charge in [-0.25, -0.2) is 0 Å². The highest BCUT2D eigenvalue weighted by Gasteiger charge is 2.45. The highest BCUT2D eigenvalue weighted by Crippen LogP contribution is 2.42. The molecule has 1 saturated heterocycles. The average molecular weight is 546 g/mol. The van der Waals surface area contributed by atoms with Crippen LogP contribution >= 0.6 is 22.6 Å². The molecule has 1 N–H and O–H groups in total. The summed E-state index contributed by atoms with van der Waals surface area (Å²) in [5.41, 5.74) is 1.85. The van der Waals surface area contributed by atoms with Crippen molar-refractivity contribution in [3.05, 3.63) is 57.2 Å². The van der Waals surface area contributed by atoms with Gasteiger partial charge in [-0.15, -0.1) is 0 Å². The van der Waals surface area contributed by atoms with E-state index in [4.69, 9.17) is 4.74 Å². The summed E-state index contributed by atoms with van der Waals surface area (Å²) < 4.78 is 6.51. The lowest BCUT2D eigenvalue weighted by Gasteiger charge is -2.56. The monoisotopic (exact) mass is 546 g/mol. The zero-order chi connectivity index (χ0) is 23.5. The van der Waals surface area contributed by atoms with Gasteiger partial charge in [-0.1, -0.05) is 30.0 Å². The third-order valence-corrected chi connectivity index (χ3v) is 7.24. The number of rotatable bonds is 5. The van der Waals surface area contributed by atoms with E-state index in [1.165, 1.54) is 0 Å². The Kier molecular flexibility index (Phi) is 7.80. The molecule has 0 amide bonds. The molecule has 1 aliphatic heterocycles. The molecule has 1 fully saturated rings. The molecule has 0 saturated carbocycles. The molecule has 0 unspecified atom stereocenters. The van der Waals surface area contributed by atoms with Crippen molar-refractivity contribution in [1.82, 2.24) is 9.80 Å². The lowest BCUT2D eigenvalue weighted by Crippen LogP contribution is -2.63. The number of para-hydroxylation sites is 1. The summed E-state index contributed by atoms with van der Waals surface area (Å²) >= 11 is 2.20. The Bertz CT molecular complexity index is 972. The Labute approximate surface area is 207 Å². The number of phenolic OH excluding ortho intramolecular Hbond substituents is 1. The Morgan fingerprint density at radius 2 is 1.72 bits per heavy atom. The fraction of sp³-hybridized carbons (Fsp3) is 0.481. The Morgan fingerprint density at radius 1 is 1.09 bits per heavy atom. The molecular weight excluding hydrogens is 511 g/mol. The molecule has 1 heterocycles. The van der Waals surface area contributed by atoms with Crippen LogP contribution in [0.3, 0.4) is 0 Å². The van der Waals surface area contributed by atoms with Gasteiger partial charge in [0.25, 0.3) is 0 Å². The number of hydrogen-bond acceptors (Lipinski definition) is 4. The molecule has 4 nitrogen and oxygen atoms in total. The molecule has 0 atom stereocenters. The molecule has 2 aromatic rings. The van der Waals surface area contributed by atoms with Crippen LogP contribution in [0.25, 0.3) is 0 Å². The van der Waals surface area contributed by atoms with E-state index in [9.17, 15) is 5.11 Å². The summed E-state index contributed by atoms with van der Waals surface area (Å²) in [6.45, 7) is 10.3. The maximum Gasteiger partial charge on any atom is 0.149 e. The number of aromatic hydroxyl groups is 1.